The van der Waals surface area contributed by atoms with Crippen LogP contribution in [0.5, 0.6) is 0 Å². The van der Waals surface area contributed by atoms with Gasteiger partial charge in [-0.2, -0.15) is 0 Å². The van der Waals surface area contributed by atoms with Crippen LogP contribution >= 0.6 is 0 Å². The molecule has 1 rings (SSSR count). The zero-order valence-electron chi connectivity index (χ0n) is 15.7. The molecule has 10 heteroatoms. The van der Waals surface area contributed by atoms with Gasteiger partial charge in [0.2, 0.25) is 0 Å². The Bertz CT molecular complexity index is 406. The van der Waals surface area contributed by atoms with Crippen molar-refractivity contribution < 1.29 is 20.6 Å². The first-order chi connectivity index (χ1) is 9.60. The molecule has 1 aliphatic heterocycles. The summed E-state index contributed by atoms with van der Waals surface area (Å²) < 4.78 is 32.0. The van der Waals surface area contributed by atoms with Crippen molar-refractivity contribution in [1.82, 2.24) is 0 Å². The summed E-state index contributed by atoms with van der Waals surface area (Å²) in [6.45, 7) is 20.7. The molecule has 1 heterocycles. The van der Waals surface area contributed by atoms with Gasteiger partial charge in [0.25, 0.3) is 0 Å². The topological polar surface area (TPSA) is 46.2 Å². The molecule has 1 fully saturated rings. The van der Waals surface area contributed by atoms with Crippen molar-refractivity contribution in [2.75, 3.05) is 0 Å². The number of hydrogen-bond donors (Lipinski definition) is 0. The van der Waals surface area contributed by atoms with Crippen LogP contribution in [0.1, 0.15) is 6.92 Å². The van der Waals surface area contributed by atoms with E-state index in [4.69, 9.17) is 20.6 Å². The van der Waals surface area contributed by atoms with Crippen LogP contribution < -0.4 is 0 Å². The summed E-state index contributed by atoms with van der Waals surface area (Å²) in [5.41, 5.74) is 2.08. The lowest BCUT2D eigenvalue weighted by molar-refractivity contribution is 0.241. The Balaban J connectivity index is 3.27. The molecule has 0 atom stereocenters. The second-order valence-electron chi connectivity index (χ2n) is 7.63. The van der Waals surface area contributed by atoms with Gasteiger partial charge in [0, 0.05) is 0 Å². The lowest BCUT2D eigenvalue weighted by Gasteiger charge is -2.46. The van der Waals surface area contributed by atoms with Crippen molar-refractivity contribution in [2.45, 2.75) is 65.8 Å². The van der Waals surface area contributed by atoms with Crippen molar-refractivity contribution in [3.8, 4) is 0 Å². The van der Waals surface area contributed by atoms with Crippen LogP contribution in [0, 0.1) is 0 Å². The molecule has 0 aromatic heterocycles. The highest BCUT2D eigenvalue weighted by Crippen LogP contribution is 2.31. The normalized spacial score (nSPS) is 30.1. The van der Waals surface area contributed by atoms with Gasteiger partial charge in [-0.25, -0.2) is 0 Å². The third-order valence-corrected chi connectivity index (χ3v) is 22.8. The molecule has 0 amide bonds. The molecule has 0 radical (unpaired) electrons. The van der Waals surface area contributed by atoms with Crippen LogP contribution in [0.4, 0.5) is 0 Å². The summed E-state index contributed by atoms with van der Waals surface area (Å²) in [5.74, 6) is 0. The highest BCUT2D eigenvalue weighted by Gasteiger charge is 2.51. The number of hydrogen-bond acceptors (Lipinski definition) is 5. The van der Waals surface area contributed by atoms with E-state index in [0.717, 1.165) is 0 Å². The first-order valence-electron chi connectivity index (χ1n) is 7.74. The summed E-state index contributed by atoms with van der Waals surface area (Å²) >= 11 is 0. The lowest BCUT2D eigenvalue weighted by Crippen LogP contribution is -2.64. The monoisotopic (exact) mass is 396 g/mol. The van der Waals surface area contributed by atoms with Crippen LogP contribution in [0.3, 0.4) is 0 Å². The van der Waals surface area contributed by atoms with E-state index in [0.29, 0.717) is 0 Å². The van der Waals surface area contributed by atoms with E-state index in [-0.39, 0.29) is 0 Å². The molecular formula is C12H32O5Si5. The Hall–Kier alpha value is 0.624. The third-order valence-electron chi connectivity index (χ3n) is 2.84. The molecule has 0 aromatic rings. The van der Waals surface area contributed by atoms with E-state index in [1.165, 1.54) is 0 Å². The quantitative estimate of drug-likeness (QED) is 0.625. The van der Waals surface area contributed by atoms with E-state index in [9.17, 15) is 0 Å². The first kappa shape index (κ1) is 20.7. The molecule has 5 nitrogen and oxygen atoms in total. The minimum Gasteiger partial charge on any atom is -0.416 e. The molecule has 0 saturated carbocycles. The predicted octanol–water partition coefficient (Wildman–Crippen LogP) is 4.08. The average molecular weight is 397 g/mol. The van der Waals surface area contributed by atoms with Crippen LogP contribution in [-0.4, -0.2) is 42.8 Å². The molecule has 0 aliphatic carbocycles. The summed E-state index contributed by atoms with van der Waals surface area (Å²) in [4.78, 5) is 0. The lowest BCUT2D eigenvalue weighted by atomic mass is 10.8. The van der Waals surface area contributed by atoms with Gasteiger partial charge in [-0.15, -0.1) is 0 Å². The van der Waals surface area contributed by atoms with E-state index < -0.39 is 42.8 Å². The standard InChI is InChI=1S/C12H32O5Si5/c1-11-12-22(10)16-20(6,7)14-18(2,3)13-19(4,5)15-21(8,9)17-22/h11-12H,1-10H3. The van der Waals surface area contributed by atoms with Crippen molar-refractivity contribution >= 4 is 42.8 Å². The fourth-order valence-electron chi connectivity index (χ4n) is 3.23. The predicted molar refractivity (Wildman–Crippen MR) is 102 cm³/mol. The SMILES string of the molecule is CC=C[Si]1(C)O[Si](C)(C)O[Si](C)(C)O[Si](C)(C)O[Si](C)(C)O1. The van der Waals surface area contributed by atoms with Gasteiger partial charge in [-0.05, 0) is 71.5 Å². The fourth-order valence-corrected chi connectivity index (χ4v) is 29.1. The molecule has 1 aliphatic rings. The molecule has 0 spiro atoms. The molecule has 0 bridgehead atoms. The number of allylic oxidation sites excluding steroid dienone is 1. The smallest absolute Gasteiger partial charge is 0.343 e. The Morgan fingerprint density at radius 1 is 0.500 bits per heavy atom. The minimum absolute atomic E-state index is 2.00. The van der Waals surface area contributed by atoms with E-state index in [2.05, 4.69) is 64.6 Å². The van der Waals surface area contributed by atoms with Gasteiger partial charge in [0.1, 0.15) is 0 Å². The average Bonchev–Trinajstić information content (AvgIpc) is 2.04. The van der Waals surface area contributed by atoms with Crippen LogP contribution in [-0.2, 0) is 20.6 Å². The summed E-state index contributed by atoms with van der Waals surface area (Å²) in [7, 11) is -11.8. The highest BCUT2D eigenvalue weighted by molar-refractivity contribution is 6.94. The fraction of sp³-hybridized carbons (Fsp3) is 0.833. The van der Waals surface area contributed by atoms with E-state index >= 15 is 0 Å². The van der Waals surface area contributed by atoms with Gasteiger partial charge < -0.3 is 20.6 Å². The molecule has 130 valence electrons. The second-order valence-corrected chi connectivity index (χ2v) is 25.3. The van der Waals surface area contributed by atoms with Gasteiger partial charge in [0.15, 0.2) is 0 Å². The Morgan fingerprint density at radius 3 is 1.05 bits per heavy atom. The molecular weight excluding hydrogens is 365 g/mol. The maximum absolute atomic E-state index is 6.45. The molecule has 22 heavy (non-hydrogen) atoms. The molecule has 0 N–H and O–H groups in total. The maximum atomic E-state index is 6.45. The van der Waals surface area contributed by atoms with Gasteiger partial charge in [0.05, 0.1) is 0 Å². The van der Waals surface area contributed by atoms with Crippen molar-refractivity contribution in [2.24, 2.45) is 0 Å². The van der Waals surface area contributed by atoms with Crippen molar-refractivity contribution in [1.29, 1.82) is 0 Å². The Labute approximate surface area is 141 Å². The van der Waals surface area contributed by atoms with Gasteiger partial charge >= 0.3 is 42.8 Å². The van der Waals surface area contributed by atoms with Gasteiger partial charge in [-0.1, -0.05) is 6.08 Å². The minimum atomic E-state index is -2.49. The van der Waals surface area contributed by atoms with Crippen molar-refractivity contribution in [3.05, 3.63) is 11.8 Å². The molecule has 0 aromatic carbocycles. The molecule has 1 saturated heterocycles. The van der Waals surface area contributed by atoms with Crippen molar-refractivity contribution in [3.63, 3.8) is 0 Å². The zero-order valence-corrected chi connectivity index (χ0v) is 20.7. The van der Waals surface area contributed by atoms with E-state index in [1.807, 2.05) is 13.0 Å². The van der Waals surface area contributed by atoms with Gasteiger partial charge in [-0.3, -0.25) is 0 Å². The second kappa shape index (κ2) is 6.50. The summed E-state index contributed by atoms with van der Waals surface area (Å²) in [5, 5.41) is 0. The number of rotatable bonds is 1. The van der Waals surface area contributed by atoms with Crippen LogP contribution in [0.2, 0.25) is 58.9 Å². The summed E-state index contributed by atoms with van der Waals surface area (Å²) in [6, 6.07) is 0. The first-order valence-corrected chi connectivity index (χ1v) is 21.4. The largest absolute Gasteiger partial charge is 0.416 e. The van der Waals surface area contributed by atoms with Crippen LogP contribution in [0.15, 0.2) is 11.8 Å². The Kier molecular flexibility index (Phi) is 6.10. The maximum Gasteiger partial charge on any atom is 0.343 e. The zero-order chi connectivity index (χ0) is 17.4. The Morgan fingerprint density at radius 2 is 0.773 bits per heavy atom. The third kappa shape index (κ3) is 6.63. The summed E-state index contributed by atoms with van der Waals surface area (Å²) in [6.07, 6.45) is 2.01. The molecule has 0 unspecified atom stereocenters. The van der Waals surface area contributed by atoms with Crippen LogP contribution in [0.25, 0.3) is 0 Å². The van der Waals surface area contributed by atoms with E-state index in [1.54, 1.807) is 0 Å². The highest BCUT2D eigenvalue weighted by atomic mass is 28.5.